The maximum absolute atomic E-state index is 6.21. The van der Waals surface area contributed by atoms with Crippen LogP contribution in [-0.4, -0.2) is 36.6 Å². The second kappa shape index (κ2) is 7.22. The van der Waals surface area contributed by atoms with E-state index < -0.39 is 0 Å². The van der Waals surface area contributed by atoms with Crippen molar-refractivity contribution in [1.29, 1.82) is 0 Å². The van der Waals surface area contributed by atoms with Crippen molar-refractivity contribution < 1.29 is 18.6 Å². The number of aromatic nitrogens is 2. The van der Waals surface area contributed by atoms with E-state index in [1.807, 2.05) is 30.3 Å². The van der Waals surface area contributed by atoms with Gasteiger partial charge in [-0.2, -0.15) is 0 Å². The number of fused-ring (bicyclic) bond motifs is 1. The first-order chi connectivity index (χ1) is 13.7. The molecule has 2 aliphatic heterocycles. The van der Waals surface area contributed by atoms with Crippen molar-refractivity contribution in [3.8, 4) is 23.0 Å². The van der Waals surface area contributed by atoms with Crippen LogP contribution in [0.4, 0.5) is 0 Å². The van der Waals surface area contributed by atoms with Gasteiger partial charge < -0.3 is 18.6 Å². The van der Waals surface area contributed by atoms with Crippen LogP contribution in [-0.2, 0) is 10.2 Å². The van der Waals surface area contributed by atoms with Crippen molar-refractivity contribution >= 4 is 15.9 Å². The second-order valence-electron chi connectivity index (χ2n) is 6.98. The number of hydrogen-bond donors (Lipinski definition) is 0. The van der Waals surface area contributed by atoms with Crippen LogP contribution in [0.5, 0.6) is 11.5 Å². The number of hydrogen-bond acceptors (Lipinski definition) is 6. The molecule has 144 valence electrons. The summed E-state index contributed by atoms with van der Waals surface area (Å²) in [5.74, 6) is 2.55. The zero-order chi connectivity index (χ0) is 19.0. The highest BCUT2D eigenvalue weighted by Gasteiger charge is 2.41. The highest BCUT2D eigenvalue weighted by Crippen LogP contribution is 2.42. The van der Waals surface area contributed by atoms with Crippen molar-refractivity contribution in [3.63, 3.8) is 0 Å². The lowest BCUT2D eigenvalue weighted by Crippen LogP contribution is -2.35. The normalized spacial score (nSPS) is 18.0. The van der Waals surface area contributed by atoms with E-state index in [2.05, 4.69) is 38.3 Å². The fourth-order valence-electron chi connectivity index (χ4n) is 3.84. The molecule has 5 rings (SSSR count). The molecule has 1 saturated heterocycles. The Morgan fingerprint density at radius 1 is 0.857 bits per heavy atom. The summed E-state index contributed by atoms with van der Waals surface area (Å²) in [6, 6.07) is 14.0. The molecule has 0 saturated carbocycles. The zero-order valence-electron chi connectivity index (χ0n) is 15.2. The van der Waals surface area contributed by atoms with Crippen molar-refractivity contribution in [3.05, 3.63) is 58.4 Å². The molecule has 0 atom stereocenters. The van der Waals surface area contributed by atoms with E-state index in [0.29, 0.717) is 44.0 Å². The molecule has 28 heavy (non-hydrogen) atoms. The molecule has 0 radical (unpaired) electrons. The fraction of sp³-hybridized carbons (Fsp3) is 0.333. The van der Waals surface area contributed by atoms with Crippen LogP contribution in [0.1, 0.15) is 24.3 Å². The van der Waals surface area contributed by atoms with Gasteiger partial charge in [-0.15, -0.1) is 10.2 Å². The third-order valence-corrected chi connectivity index (χ3v) is 5.84. The summed E-state index contributed by atoms with van der Waals surface area (Å²) in [5.41, 5.74) is 1.63. The molecule has 6 nitrogen and oxygen atoms in total. The highest BCUT2D eigenvalue weighted by molar-refractivity contribution is 9.10. The van der Waals surface area contributed by atoms with Gasteiger partial charge in [0, 0.05) is 23.2 Å². The number of benzene rings is 2. The van der Waals surface area contributed by atoms with E-state index in [1.54, 1.807) is 0 Å². The minimum absolute atomic E-state index is 0.346. The van der Waals surface area contributed by atoms with Crippen LogP contribution in [0, 0.1) is 0 Å². The van der Waals surface area contributed by atoms with Crippen molar-refractivity contribution in [2.45, 2.75) is 18.3 Å². The molecular weight excluding hydrogens is 424 g/mol. The Morgan fingerprint density at radius 3 is 2.50 bits per heavy atom. The van der Waals surface area contributed by atoms with Gasteiger partial charge in [-0.25, -0.2) is 0 Å². The van der Waals surface area contributed by atoms with Crippen LogP contribution < -0.4 is 9.47 Å². The fourth-order valence-corrected chi connectivity index (χ4v) is 4.24. The summed E-state index contributed by atoms with van der Waals surface area (Å²) >= 11 is 3.58. The van der Waals surface area contributed by atoms with Crippen LogP contribution in [0.2, 0.25) is 0 Å². The number of halogens is 1. The Kier molecular flexibility index (Phi) is 4.56. The summed E-state index contributed by atoms with van der Waals surface area (Å²) in [6.45, 7) is 2.42. The molecule has 1 aromatic heterocycles. The first-order valence-electron chi connectivity index (χ1n) is 9.32. The van der Waals surface area contributed by atoms with E-state index >= 15 is 0 Å². The van der Waals surface area contributed by atoms with Crippen LogP contribution in [0.3, 0.4) is 0 Å². The molecule has 3 heterocycles. The van der Waals surface area contributed by atoms with Crippen LogP contribution in [0.25, 0.3) is 11.5 Å². The maximum Gasteiger partial charge on any atom is 0.247 e. The second-order valence-corrected chi connectivity index (χ2v) is 7.89. The summed E-state index contributed by atoms with van der Waals surface area (Å²) in [7, 11) is 0. The van der Waals surface area contributed by atoms with Crippen LogP contribution in [0.15, 0.2) is 51.4 Å². The van der Waals surface area contributed by atoms with E-state index in [-0.39, 0.29) is 5.41 Å². The standard InChI is InChI=1S/C21H19BrN2O4/c22-16-3-1-2-15(13-16)21(6-8-25-9-7-21)20-24-23-19(28-20)14-4-5-17-18(12-14)27-11-10-26-17/h1-5,12-13H,6-11H2. The molecule has 1 fully saturated rings. The number of rotatable bonds is 3. The third-order valence-electron chi connectivity index (χ3n) is 5.35. The monoisotopic (exact) mass is 442 g/mol. The molecule has 7 heteroatoms. The summed E-state index contributed by atoms with van der Waals surface area (Å²) < 4.78 is 24.1. The topological polar surface area (TPSA) is 66.6 Å². The first kappa shape index (κ1) is 17.7. The quantitative estimate of drug-likeness (QED) is 0.599. The molecule has 3 aromatic rings. The van der Waals surface area contributed by atoms with E-state index in [9.17, 15) is 0 Å². The van der Waals surface area contributed by atoms with Gasteiger partial charge in [0.15, 0.2) is 11.5 Å². The summed E-state index contributed by atoms with van der Waals surface area (Å²) in [6.07, 6.45) is 1.60. The van der Waals surface area contributed by atoms with Gasteiger partial charge in [0.25, 0.3) is 0 Å². The number of nitrogens with zero attached hydrogens (tertiary/aromatic N) is 2. The largest absolute Gasteiger partial charge is 0.486 e. The van der Waals surface area contributed by atoms with Gasteiger partial charge >= 0.3 is 0 Å². The average molecular weight is 443 g/mol. The SMILES string of the molecule is Brc1cccc(C2(c3nnc(-c4ccc5c(c4)OCCO5)o3)CCOCC2)c1. The molecular formula is C21H19BrN2O4. The molecule has 0 aliphatic carbocycles. The van der Waals surface area contributed by atoms with Gasteiger partial charge in [0.1, 0.15) is 13.2 Å². The van der Waals surface area contributed by atoms with Crippen molar-refractivity contribution in [2.24, 2.45) is 0 Å². The Balaban J connectivity index is 1.54. The average Bonchev–Trinajstić information content (AvgIpc) is 3.25. The van der Waals surface area contributed by atoms with Gasteiger partial charge in [-0.05, 0) is 48.7 Å². The van der Waals surface area contributed by atoms with Crippen molar-refractivity contribution in [1.82, 2.24) is 10.2 Å². The Bertz CT molecular complexity index is 998. The van der Waals surface area contributed by atoms with Crippen molar-refractivity contribution in [2.75, 3.05) is 26.4 Å². The minimum atomic E-state index is -0.346. The molecule has 0 unspecified atom stereocenters. The zero-order valence-corrected chi connectivity index (χ0v) is 16.8. The summed E-state index contributed by atoms with van der Waals surface area (Å²) in [4.78, 5) is 0. The highest BCUT2D eigenvalue weighted by atomic mass is 79.9. The predicted octanol–water partition coefficient (Wildman–Crippen LogP) is 4.37. The lowest BCUT2D eigenvalue weighted by molar-refractivity contribution is 0.0546. The summed E-state index contributed by atoms with van der Waals surface area (Å²) in [5, 5.41) is 8.78. The molecule has 0 N–H and O–H groups in total. The lowest BCUT2D eigenvalue weighted by atomic mass is 9.74. The Hall–Kier alpha value is -2.38. The Labute approximate surface area is 170 Å². The minimum Gasteiger partial charge on any atom is -0.486 e. The molecule has 0 bridgehead atoms. The third kappa shape index (κ3) is 3.08. The number of ether oxygens (including phenoxy) is 3. The first-order valence-corrected chi connectivity index (χ1v) is 10.1. The maximum atomic E-state index is 6.21. The predicted molar refractivity (Wildman–Crippen MR) is 106 cm³/mol. The van der Waals surface area contributed by atoms with E-state index in [4.69, 9.17) is 18.6 Å². The van der Waals surface area contributed by atoms with E-state index in [0.717, 1.165) is 34.2 Å². The van der Waals surface area contributed by atoms with Gasteiger partial charge in [-0.3, -0.25) is 0 Å². The molecule has 0 amide bonds. The lowest BCUT2D eigenvalue weighted by Gasteiger charge is -2.34. The van der Waals surface area contributed by atoms with Gasteiger partial charge in [0.2, 0.25) is 11.8 Å². The Morgan fingerprint density at radius 2 is 1.68 bits per heavy atom. The molecule has 2 aliphatic rings. The van der Waals surface area contributed by atoms with Gasteiger partial charge in [0.05, 0.1) is 5.41 Å². The molecule has 0 spiro atoms. The van der Waals surface area contributed by atoms with Gasteiger partial charge in [-0.1, -0.05) is 28.1 Å². The van der Waals surface area contributed by atoms with E-state index in [1.165, 1.54) is 0 Å². The smallest absolute Gasteiger partial charge is 0.247 e. The molecule has 2 aromatic carbocycles. The van der Waals surface area contributed by atoms with Crippen LogP contribution >= 0.6 is 15.9 Å².